The summed E-state index contributed by atoms with van der Waals surface area (Å²) in [5.74, 6) is -2.14. The van der Waals surface area contributed by atoms with Crippen LogP contribution in [0.1, 0.15) is 39.4 Å². The quantitative estimate of drug-likeness (QED) is 0.187. The van der Waals surface area contributed by atoms with E-state index in [1.807, 2.05) is 55.5 Å². The molecule has 4 rings (SSSR count). The first-order valence-electron chi connectivity index (χ1n) is 11.0. The molecule has 3 aromatic carbocycles. The van der Waals surface area contributed by atoms with Crippen molar-refractivity contribution in [3.05, 3.63) is 111 Å². The summed E-state index contributed by atoms with van der Waals surface area (Å²) >= 11 is 5.94. The summed E-state index contributed by atoms with van der Waals surface area (Å²) in [5, 5.41) is 24.5. The number of amides is 2. The number of nitrogens with one attached hydrogen (secondary N) is 3. The number of benzene rings is 3. The van der Waals surface area contributed by atoms with Gasteiger partial charge in [0.1, 0.15) is 0 Å². The van der Waals surface area contributed by atoms with E-state index in [-0.39, 0.29) is 17.4 Å². The van der Waals surface area contributed by atoms with Crippen LogP contribution < -0.4 is 16.2 Å². The predicted molar refractivity (Wildman–Crippen MR) is 137 cm³/mol. The number of aromatic hydroxyl groups is 1. The lowest BCUT2D eigenvalue weighted by Gasteiger charge is -2.16. The summed E-state index contributed by atoms with van der Waals surface area (Å²) in [6, 6.07) is 19.7. The van der Waals surface area contributed by atoms with E-state index in [1.165, 1.54) is 12.3 Å². The Balaban J connectivity index is 1.41. The van der Waals surface area contributed by atoms with Crippen molar-refractivity contribution in [3.8, 4) is 16.9 Å². The number of carbonyl (C=O) groups excluding carboxylic acids is 2. The molecule has 1 aromatic heterocycles. The van der Waals surface area contributed by atoms with Crippen molar-refractivity contribution < 1.29 is 24.0 Å². The molecule has 1 heterocycles. The van der Waals surface area contributed by atoms with E-state index >= 15 is 0 Å². The minimum Gasteiger partial charge on any atom is -0.502 e. The van der Waals surface area contributed by atoms with Crippen LogP contribution in [0.3, 0.4) is 0 Å². The molecular weight excluding hydrogens is 500 g/mol. The third kappa shape index (κ3) is 5.88. The zero-order valence-corrected chi connectivity index (χ0v) is 20.2. The number of nitro benzene ring substituents is 1. The lowest BCUT2D eigenvalue weighted by molar-refractivity contribution is -0.385. The highest BCUT2D eigenvalue weighted by Crippen LogP contribution is 2.28. The number of hydrogen-bond acceptors (Lipinski definition) is 7. The van der Waals surface area contributed by atoms with Crippen LogP contribution in [0.15, 0.2) is 83.5 Å². The van der Waals surface area contributed by atoms with Crippen LogP contribution in [0.25, 0.3) is 11.1 Å². The van der Waals surface area contributed by atoms with E-state index in [0.717, 1.165) is 28.9 Å². The second kappa shape index (κ2) is 10.8. The Morgan fingerprint density at radius 3 is 2.32 bits per heavy atom. The summed E-state index contributed by atoms with van der Waals surface area (Å²) in [6.45, 7) is 2.02. The highest BCUT2D eigenvalue weighted by atomic mass is 35.5. The first-order valence-corrected chi connectivity index (χ1v) is 11.4. The summed E-state index contributed by atoms with van der Waals surface area (Å²) in [6.07, 6.45) is 1.36. The van der Waals surface area contributed by atoms with E-state index in [2.05, 4.69) is 16.2 Å². The van der Waals surface area contributed by atoms with Crippen molar-refractivity contribution in [1.29, 1.82) is 0 Å². The first kappa shape index (κ1) is 25.3. The van der Waals surface area contributed by atoms with Gasteiger partial charge in [0.05, 0.1) is 11.2 Å². The second-order valence-corrected chi connectivity index (χ2v) is 8.46. The number of nitro groups is 1. The van der Waals surface area contributed by atoms with Crippen molar-refractivity contribution in [2.24, 2.45) is 0 Å². The van der Waals surface area contributed by atoms with E-state index in [4.69, 9.17) is 16.0 Å². The minimum absolute atomic E-state index is 0.00767. The molecule has 4 aromatic rings. The molecule has 0 aliphatic rings. The Labute approximate surface area is 216 Å². The van der Waals surface area contributed by atoms with Crippen LogP contribution in [0.4, 0.5) is 11.4 Å². The van der Waals surface area contributed by atoms with Gasteiger partial charge in [-0.2, -0.15) is 0 Å². The molecule has 11 heteroatoms. The predicted octanol–water partition coefficient (Wildman–Crippen LogP) is 5.46. The number of rotatable bonds is 7. The maximum atomic E-state index is 12.7. The molecule has 188 valence electrons. The van der Waals surface area contributed by atoms with Crippen LogP contribution in [0.2, 0.25) is 5.02 Å². The van der Waals surface area contributed by atoms with Crippen LogP contribution in [-0.2, 0) is 0 Å². The highest BCUT2D eigenvalue weighted by molar-refractivity contribution is 6.30. The normalized spacial score (nSPS) is 11.4. The Morgan fingerprint density at radius 1 is 0.973 bits per heavy atom. The molecule has 0 radical (unpaired) electrons. The molecule has 1 unspecified atom stereocenters. The number of carbonyl (C=O) groups is 2. The summed E-state index contributed by atoms with van der Waals surface area (Å²) in [7, 11) is 0. The lowest BCUT2D eigenvalue weighted by atomic mass is 10.0. The van der Waals surface area contributed by atoms with Gasteiger partial charge >= 0.3 is 11.6 Å². The molecular formula is C26H21ClN4O6. The Hall–Kier alpha value is -4.83. The fourth-order valence-electron chi connectivity index (χ4n) is 3.60. The van der Waals surface area contributed by atoms with Crippen molar-refractivity contribution in [2.45, 2.75) is 13.0 Å². The Kier molecular flexibility index (Phi) is 7.40. The molecule has 0 aliphatic carbocycles. The lowest BCUT2D eigenvalue weighted by Crippen LogP contribution is -2.41. The van der Waals surface area contributed by atoms with E-state index < -0.39 is 28.2 Å². The smallest absolute Gasteiger partial charge is 0.311 e. The van der Waals surface area contributed by atoms with Gasteiger partial charge in [0.2, 0.25) is 5.76 Å². The molecule has 0 fully saturated rings. The van der Waals surface area contributed by atoms with Gasteiger partial charge in [-0.25, -0.2) is 0 Å². The zero-order valence-electron chi connectivity index (χ0n) is 19.4. The third-order valence-electron chi connectivity index (χ3n) is 5.54. The molecule has 0 aliphatic heterocycles. The van der Waals surface area contributed by atoms with Crippen molar-refractivity contribution in [2.75, 3.05) is 5.32 Å². The SMILES string of the molecule is CC(Nc1ccc(Cl)cc1)c1ccc(-c2ccoc2C(=O)NNC(=O)c2ccc(O)c([N+](=O)[O-])c2)cc1. The molecule has 0 saturated heterocycles. The molecule has 0 bridgehead atoms. The molecule has 37 heavy (non-hydrogen) atoms. The number of halogens is 1. The molecule has 0 saturated carbocycles. The van der Waals surface area contributed by atoms with Gasteiger partial charge in [-0.1, -0.05) is 35.9 Å². The molecule has 10 nitrogen and oxygen atoms in total. The zero-order chi connectivity index (χ0) is 26.5. The van der Waals surface area contributed by atoms with Gasteiger partial charge in [-0.3, -0.25) is 30.6 Å². The standard InChI is InChI=1S/C26H21ClN4O6/c1-15(28-20-9-7-19(27)8-10-20)16-2-4-17(5-3-16)21-12-13-37-24(21)26(34)30-29-25(33)18-6-11-23(32)22(14-18)31(35)36/h2-15,28,32H,1H3,(H,29,33)(H,30,34). The van der Waals surface area contributed by atoms with Crippen molar-refractivity contribution >= 4 is 34.8 Å². The van der Waals surface area contributed by atoms with Gasteiger partial charge in [-0.05, 0) is 60.5 Å². The monoisotopic (exact) mass is 520 g/mol. The Bertz CT molecular complexity index is 1450. The van der Waals surface area contributed by atoms with E-state index in [1.54, 1.807) is 6.07 Å². The van der Waals surface area contributed by atoms with Crippen molar-refractivity contribution in [1.82, 2.24) is 10.9 Å². The van der Waals surface area contributed by atoms with Crippen LogP contribution in [-0.4, -0.2) is 21.8 Å². The van der Waals surface area contributed by atoms with Crippen LogP contribution in [0, 0.1) is 10.1 Å². The molecule has 2 amide bonds. The number of hydrazine groups is 1. The largest absolute Gasteiger partial charge is 0.502 e. The number of furan rings is 1. The first-order chi connectivity index (χ1) is 17.7. The molecule has 4 N–H and O–H groups in total. The Morgan fingerprint density at radius 2 is 1.65 bits per heavy atom. The summed E-state index contributed by atoms with van der Waals surface area (Å²) in [5.41, 5.74) is 6.84. The van der Waals surface area contributed by atoms with E-state index in [0.29, 0.717) is 10.6 Å². The van der Waals surface area contributed by atoms with Gasteiger partial charge < -0.3 is 14.8 Å². The number of phenols is 1. The van der Waals surface area contributed by atoms with Gasteiger partial charge in [0.25, 0.3) is 5.91 Å². The highest BCUT2D eigenvalue weighted by Gasteiger charge is 2.20. The average Bonchev–Trinajstić information content (AvgIpc) is 3.39. The van der Waals surface area contributed by atoms with Crippen LogP contribution >= 0.6 is 11.6 Å². The number of anilines is 1. The topological polar surface area (TPSA) is 147 Å². The number of hydrogen-bond donors (Lipinski definition) is 4. The second-order valence-electron chi connectivity index (χ2n) is 8.03. The van der Waals surface area contributed by atoms with Crippen LogP contribution in [0.5, 0.6) is 5.75 Å². The summed E-state index contributed by atoms with van der Waals surface area (Å²) < 4.78 is 5.34. The fraction of sp³-hybridized carbons (Fsp3) is 0.0769. The number of nitrogens with zero attached hydrogens (tertiary/aromatic N) is 1. The third-order valence-corrected chi connectivity index (χ3v) is 5.80. The molecule has 1 atom stereocenters. The maximum absolute atomic E-state index is 12.7. The van der Waals surface area contributed by atoms with Gasteiger partial charge in [-0.15, -0.1) is 0 Å². The van der Waals surface area contributed by atoms with Crippen molar-refractivity contribution in [3.63, 3.8) is 0 Å². The maximum Gasteiger partial charge on any atom is 0.311 e. The minimum atomic E-state index is -0.820. The average molecular weight is 521 g/mol. The molecule has 0 spiro atoms. The van der Waals surface area contributed by atoms with Gasteiger partial charge in [0.15, 0.2) is 5.75 Å². The fourth-order valence-corrected chi connectivity index (χ4v) is 3.72. The van der Waals surface area contributed by atoms with E-state index in [9.17, 15) is 24.8 Å². The number of phenolic OH excluding ortho intramolecular Hbond substituents is 1. The summed E-state index contributed by atoms with van der Waals surface area (Å²) in [4.78, 5) is 35.2. The van der Waals surface area contributed by atoms with Gasteiger partial charge in [0, 0.05) is 33.9 Å².